The van der Waals surface area contributed by atoms with E-state index in [1.165, 1.54) is 19.0 Å². The van der Waals surface area contributed by atoms with Crippen LogP contribution in [0.5, 0.6) is 0 Å². The fraction of sp³-hybridized carbons (Fsp3) is 1.00. The van der Waals surface area contributed by atoms with Crippen molar-refractivity contribution in [1.82, 2.24) is 0 Å². The van der Waals surface area contributed by atoms with Crippen molar-refractivity contribution in [3.05, 3.63) is 0 Å². The fourth-order valence-corrected chi connectivity index (χ4v) is 5.97. The maximum Gasteiger partial charge on any atom is 0.139 e. The van der Waals surface area contributed by atoms with Crippen LogP contribution in [0, 0.1) is 0 Å². The summed E-state index contributed by atoms with van der Waals surface area (Å²) in [7, 11) is -2.98. The van der Waals surface area contributed by atoms with Gasteiger partial charge in [-0.25, -0.2) is 0 Å². The summed E-state index contributed by atoms with van der Waals surface area (Å²) in [5.74, 6) is 0. The first kappa shape index (κ1) is 22.7. The minimum atomic E-state index is -0.995. The van der Waals surface area contributed by atoms with Crippen LogP contribution >= 0.6 is 0 Å². The van der Waals surface area contributed by atoms with Gasteiger partial charge in [-0.15, -0.1) is 0 Å². The second-order valence-corrected chi connectivity index (χ2v) is 28.5. The van der Waals surface area contributed by atoms with Crippen molar-refractivity contribution in [3.63, 3.8) is 0 Å². The maximum absolute atomic E-state index is 2.55. The van der Waals surface area contributed by atoms with Gasteiger partial charge >= 0.3 is 0 Å². The predicted molar refractivity (Wildman–Crippen MR) is 118 cm³/mol. The summed E-state index contributed by atoms with van der Waals surface area (Å²) in [5, 5.41) is 0. The molecule has 0 aromatic rings. The van der Waals surface area contributed by atoms with Gasteiger partial charge in [0.05, 0.1) is 0 Å². The zero-order valence-electron chi connectivity index (χ0n) is 17.9. The first-order valence-corrected chi connectivity index (χ1v) is 20.3. The van der Waals surface area contributed by atoms with Crippen LogP contribution in [0.4, 0.5) is 0 Å². The van der Waals surface area contributed by atoms with E-state index in [4.69, 9.17) is 0 Å². The third-order valence-corrected chi connectivity index (χ3v) is 16.1. The van der Waals surface area contributed by atoms with Gasteiger partial charge in [0, 0.05) is 24.2 Å². The lowest BCUT2D eigenvalue weighted by molar-refractivity contribution is 0.903. The summed E-state index contributed by atoms with van der Waals surface area (Å²) in [6, 6.07) is 0. The van der Waals surface area contributed by atoms with Crippen molar-refractivity contribution in [2.45, 2.75) is 115 Å². The summed E-state index contributed by atoms with van der Waals surface area (Å²) in [4.78, 5) is 0. The van der Waals surface area contributed by atoms with Gasteiger partial charge in [0.1, 0.15) is 6.71 Å². The average Bonchev–Trinajstić information content (AvgIpc) is 2.24. The van der Waals surface area contributed by atoms with Crippen LogP contribution < -0.4 is 0 Å². The van der Waals surface area contributed by atoms with E-state index < -0.39 is 24.2 Å². The van der Waals surface area contributed by atoms with Gasteiger partial charge in [-0.1, -0.05) is 115 Å². The molecular formula is C18H45BSi3. The Morgan fingerprint density at radius 2 is 0.682 bits per heavy atom. The Morgan fingerprint density at radius 1 is 0.500 bits per heavy atom. The molecule has 3 atom stereocenters. The van der Waals surface area contributed by atoms with Crippen molar-refractivity contribution >= 4 is 30.9 Å². The number of hydrogen-bond donors (Lipinski definition) is 0. The Kier molecular flexibility index (Phi) is 8.46. The SMILES string of the molecule is CC(CB(CC(C)[Si](C)(C)C)CC(C)[Si](C)(C)C)[Si](C)(C)C. The van der Waals surface area contributed by atoms with Crippen LogP contribution in [-0.4, -0.2) is 30.9 Å². The van der Waals surface area contributed by atoms with Gasteiger partial charge in [0.25, 0.3) is 0 Å². The van der Waals surface area contributed by atoms with Crippen molar-refractivity contribution in [2.75, 3.05) is 0 Å². The van der Waals surface area contributed by atoms with Crippen molar-refractivity contribution in [2.24, 2.45) is 0 Å². The zero-order valence-corrected chi connectivity index (χ0v) is 20.9. The van der Waals surface area contributed by atoms with Gasteiger partial charge < -0.3 is 0 Å². The molecule has 0 heterocycles. The summed E-state index contributed by atoms with van der Waals surface area (Å²) >= 11 is 0. The van der Waals surface area contributed by atoms with E-state index in [1.54, 1.807) is 0 Å². The summed E-state index contributed by atoms with van der Waals surface area (Å²) < 4.78 is 0. The molecule has 0 nitrogen and oxygen atoms in total. The van der Waals surface area contributed by atoms with E-state index in [0.717, 1.165) is 23.3 Å². The molecule has 0 rings (SSSR count). The van der Waals surface area contributed by atoms with E-state index in [2.05, 4.69) is 79.7 Å². The molecule has 0 aliphatic rings. The van der Waals surface area contributed by atoms with Crippen LogP contribution in [0.1, 0.15) is 20.8 Å². The summed E-state index contributed by atoms with van der Waals surface area (Å²) in [6.45, 7) is 31.6. The lowest BCUT2D eigenvalue weighted by Crippen LogP contribution is -2.36. The predicted octanol–water partition coefficient (Wildman–Crippen LogP) is 7.67. The number of rotatable bonds is 9. The van der Waals surface area contributed by atoms with E-state index >= 15 is 0 Å². The van der Waals surface area contributed by atoms with Crippen LogP contribution in [-0.2, 0) is 0 Å². The standard InChI is InChI=1S/C18H45BSi3/c1-16(20(4,5)6)13-19(14-17(2)21(7,8)9)15-18(3)22(10,11)12/h16-18H,13-15H2,1-12H3. The number of hydrogen-bond acceptors (Lipinski definition) is 0. The molecule has 4 heteroatoms. The Labute approximate surface area is 146 Å². The normalized spacial score (nSPS) is 18.0. The Bertz CT molecular complexity index is 270. The zero-order chi connectivity index (χ0) is 17.9. The van der Waals surface area contributed by atoms with Crippen LogP contribution in [0.25, 0.3) is 0 Å². The molecule has 0 aliphatic carbocycles. The van der Waals surface area contributed by atoms with Gasteiger partial charge in [-0.05, 0) is 0 Å². The first-order valence-electron chi connectivity index (χ1n) is 9.55. The smallest absolute Gasteiger partial charge is 0.0739 e. The highest BCUT2D eigenvalue weighted by atomic mass is 28.3. The molecule has 0 radical (unpaired) electrons. The lowest BCUT2D eigenvalue weighted by atomic mass is 9.41. The molecule has 0 saturated heterocycles. The Hall–Kier alpha value is 0.716. The van der Waals surface area contributed by atoms with E-state index in [0.29, 0.717) is 0 Å². The highest BCUT2D eigenvalue weighted by molar-refractivity contribution is 6.82. The molecule has 0 aromatic carbocycles. The molecule has 0 saturated carbocycles. The van der Waals surface area contributed by atoms with E-state index in [9.17, 15) is 0 Å². The molecular weight excluding hydrogens is 311 g/mol. The molecule has 22 heavy (non-hydrogen) atoms. The quantitative estimate of drug-likeness (QED) is 0.372. The molecule has 3 unspecified atom stereocenters. The Balaban J connectivity index is 5.00. The highest BCUT2D eigenvalue weighted by Gasteiger charge is 2.34. The molecule has 0 aliphatic heterocycles. The topological polar surface area (TPSA) is 0 Å². The molecule has 132 valence electrons. The molecule has 0 N–H and O–H groups in total. The van der Waals surface area contributed by atoms with Gasteiger partial charge in [-0.2, -0.15) is 0 Å². The second kappa shape index (κ2) is 8.20. The van der Waals surface area contributed by atoms with Crippen molar-refractivity contribution < 1.29 is 0 Å². The molecule has 0 bridgehead atoms. The molecule has 0 aromatic heterocycles. The van der Waals surface area contributed by atoms with Crippen molar-refractivity contribution in [3.8, 4) is 0 Å². The minimum Gasteiger partial charge on any atom is -0.0739 e. The van der Waals surface area contributed by atoms with E-state index in [1.807, 2.05) is 0 Å². The van der Waals surface area contributed by atoms with Crippen LogP contribution in [0.15, 0.2) is 0 Å². The fourth-order valence-electron chi connectivity index (χ4n) is 2.85. The van der Waals surface area contributed by atoms with Crippen LogP contribution in [0.3, 0.4) is 0 Å². The monoisotopic (exact) mass is 356 g/mol. The largest absolute Gasteiger partial charge is 0.139 e. The summed E-state index contributed by atoms with van der Waals surface area (Å²) in [6.07, 6.45) is 4.46. The summed E-state index contributed by atoms with van der Waals surface area (Å²) in [5.41, 5.74) is 2.88. The highest BCUT2D eigenvalue weighted by Crippen LogP contribution is 2.38. The van der Waals surface area contributed by atoms with Gasteiger partial charge in [0.15, 0.2) is 0 Å². The average molecular weight is 357 g/mol. The molecule has 0 amide bonds. The molecule has 0 fully saturated rings. The van der Waals surface area contributed by atoms with Crippen molar-refractivity contribution in [1.29, 1.82) is 0 Å². The van der Waals surface area contributed by atoms with Crippen LogP contribution in [0.2, 0.25) is 94.5 Å². The van der Waals surface area contributed by atoms with Gasteiger partial charge in [-0.3, -0.25) is 0 Å². The third kappa shape index (κ3) is 8.53. The van der Waals surface area contributed by atoms with Gasteiger partial charge in [0.2, 0.25) is 0 Å². The minimum absolute atomic E-state index is 0.958. The lowest BCUT2D eigenvalue weighted by Gasteiger charge is -2.35. The second-order valence-electron chi connectivity index (χ2n) is 11.4. The molecule has 0 spiro atoms. The Morgan fingerprint density at radius 3 is 0.818 bits per heavy atom. The van der Waals surface area contributed by atoms with E-state index in [-0.39, 0.29) is 0 Å². The first-order chi connectivity index (χ1) is 9.55. The third-order valence-electron chi connectivity index (χ3n) is 6.50. The maximum atomic E-state index is 2.55.